The molecule has 1 aliphatic rings. The number of nitrogens with one attached hydrogen (secondary N) is 1. The lowest BCUT2D eigenvalue weighted by Crippen LogP contribution is -2.32. The Morgan fingerprint density at radius 1 is 1.25 bits per heavy atom. The van der Waals surface area contributed by atoms with E-state index in [4.69, 9.17) is 9.47 Å². The summed E-state index contributed by atoms with van der Waals surface area (Å²) in [6, 6.07) is 6.21. The van der Waals surface area contributed by atoms with Gasteiger partial charge in [0.2, 0.25) is 0 Å². The van der Waals surface area contributed by atoms with E-state index in [1.807, 2.05) is 0 Å². The van der Waals surface area contributed by atoms with Crippen molar-refractivity contribution in [3.8, 4) is 11.5 Å². The first-order valence-electron chi connectivity index (χ1n) is 9.31. The zero-order chi connectivity index (χ0) is 20.1. The molecule has 0 aliphatic heterocycles. The van der Waals surface area contributed by atoms with E-state index in [1.165, 1.54) is 14.2 Å². The Morgan fingerprint density at radius 2 is 2.00 bits per heavy atom. The number of carboxylic acids is 1. The fraction of sp³-hybridized carbons (Fsp3) is 0.450. The lowest BCUT2D eigenvalue weighted by molar-refractivity contribution is -0.137. The molecule has 1 aromatic carbocycles. The largest absolute Gasteiger partial charge is 0.497 e. The molecule has 28 heavy (non-hydrogen) atoms. The smallest absolute Gasteiger partial charge is 0.305 e. The van der Waals surface area contributed by atoms with Crippen molar-refractivity contribution in [3.05, 3.63) is 41.7 Å². The highest BCUT2D eigenvalue weighted by Crippen LogP contribution is 2.32. The van der Waals surface area contributed by atoms with Crippen molar-refractivity contribution in [2.45, 2.75) is 44.2 Å². The van der Waals surface area contributed by atoms with E-state index in [0.29, 0.717) is 22.8 Å². The second-order valence-corrected chi connectivity index (χ2v) is 6.83. The van der Waals surface area contributed by atoms with Gasteiger partial charge in [0.05, 0.1) is 32.7 Å². The van der Waals surface area contributed by atoms with Gasteiger partial charge in [0.25, 0.3) is 5.91 Å². The van der Waals surface area contributed by atoms with Crippen molar-refractivity contribution < 1.29 is 24.2 Å². The molecule has 8 nitrogen and oxygen atoms in total. The highest BCUT2D eigenvalue weighted by atomic mass is 16.5. The van der Waals surface area contributed by atoms with Gasteiger partial charge in [-0.3, -0.25) is 14.3 Å². The molecule has 0 bridgehead atoms. The third-order valence-electron chi connectivity index (χ3n) is 5.07. The zero-order valence-corrected chi connectivity index (χ0v) is 16.1. The summed E-state index contributed by atoms with van der Waals surface area (Å²) in [4.78, 5) is 24.4. The van der Waals surface area contributed by atoms with Gasteiger partial charge in [-0.25, -0.2) is 0 Å². The summed E-state index contributed by atoms with van der Waals surface area (Å²) >= 11 is 0. The molecule has 1 aliphatic carbocycles. The average molecular weight is 387 g/mol. The molecule has 0 radical (unpaired) electrons. The number of amides is 1. The number of rotatable bonds is 8. The number of aliphatic carboxylic acids is 1. The molecular weight excluding hydrogens is 362 g/mol. The van der Waals surface area contributed by atoms with Crippen molar-refractivity contribution in [3.63, 3.8) is 0 Å². The van der Waals surface area contributed by atoms with Crippen LogP contribution in [0.4, 0.5) is 0 Å². The van der Waals surface area contributed by atoms with Crippen molar-refractivity contribution in [1.82, 2.24) is 15.1 Å². The molecule has 1 heterocycles. The Labute approximate surface area is 163 Å². The molecule has 1 fully saturated rings. The Morgan fingerprint density at radius 3 is 2.64 bits per heavy atom. The maximum Gasteiger partial charge on any atom is 0.305 e. The van der Waals surface area contributed by atoms with Gasteiger partial charge in [-0.05, 0) is 31.0 Å². The Balaban J connectivity index is 1.87. The fourth-order valence-electron chi connectivity index (χ4n) is 3.69. The lowest BCUT2D eigenvalue weighted by atomic mass is 10.0. The third kappa shape index (κ3) is 4.27. The number of ether oxygens (including phenoxy) is 2. The topological polar surface area (TPSA) is 103 Å². The molecule has 1 amide bonds. The molecule has 2 N–H and O–H groups in total. The summed E-state index contributed by atoms with van der Waals surface area (Å²) in [7, 11) is 3.03. The SMILES string of the molecule is COc1ccc(C(CC(=O)O)NC(=O)c2ccnn2C2CCCC2)c(OC)c1. The van der Waals surface area contributed by atoms with Gasteiger partial charge < -0.3 is 19.9 Å². The van der Waals surface area contributed by atoms with Gasteiger partial charge in [-0.2, -0.15) is 5.10 Å². The van der Waals surface area contributed by atoms with Crippen molar-refractivity contribution in [2.75, 3.05) is 14.2 Å². The number of nitrogens with zero attached hydrogens (tertiary/aromatic N) is 2. The number of carbonyl (C=O) groups is 2. The molecule has 1 unspecified atom stereocenters. The first kappa shape index (κ1) is 19.7. The third-order valence-corrected chi connectivity index (χ3v) is 5.07. The van der Waals surface area contributed by atoms with Crippen LogP contribution in [0.3, 0.4) is 0 Å². The highest BCUT2D eigenvalue weighted by molar-refractivity contribution is 5.93. The van der Waals surface area contributed by atoms with Gasteiger partial charge in [0.1, 0.15) is 17.2 Å². The van der Waals surface area contributed by atoms with Crippen molar-refractivity contribution in [1.29, 1.82) is 0 Å². The van der Waals surface area contributed by atoms with Crippen LogP contribution in [0, 0.1) is 0 Å². The Kier molecular flexibility index (Phi) is 6.18. The quantitative estimate of drug-likeness (QED) is 0.722. The summed E-state index contributed by atoms with van der Waals surface area (Å²) in [5, 5.41) is 16.5. The summed E-state index contributed by atoms with van der Waals surface area (Å²) < 4.78 is 12.3. The second kappa shape index (κ2) is 8.77. The molecular formula is C20H25N3O5. The number of carbonyl (C=O) groups excluding carboxylic acids is 1. The minimum absolute atomic E-state index is 0.212. The number of benzene rings is 1. The molecule has 1 atom stereocenters. The summed E-state index contributed by atoms with van der Waals surface area (Å²) in [6.45, 7) is 0. The van der Waals surface area contributed by atoms with Crippen LogP contribution < -0.4 is 14.8 Å². The monoisotopic (exact) mass is 387 g/mol. The molecule has 1 aromatic heterocycles. The van der Waals surface area contributed by atoms with E-state index < -0.39 is 12.0 Å². The standard InChI is InChI=1S/C20H25N3O5/c1-27-14-7-8-15(18(11-14)28-2)16(12-19(24)25)22-20(26)17-9-10-21-23(17)13-5-3-4-6-13/h7-11,13,16H,3-6,12H2,1-2H3,(H,22,26)(H,24,25). The summed E-state index contributed by atoms with van der Waals surface area (Å²) in [6.07, 6.45) is 5.56. The van der Waals surface area contributed by atoms with Gasteiger partial charge in [0, 0.05) is 17.8 Å². The molecule has 3 rings (SSSR count). The summed E-state index contributed by atoms with van der Waals surface area (Å²) in [5.74, 6) is -0.337. The number of methoxy groups -OCH3 is 2. The maximum atomic E-state index is 12.9. The van der Waals surface area contributed by atoms with E-state index in [1.54, 1.807) is 35.1 Å². The molecule has 150 valence electrons. The molecule has 0 saturated heterocycles. The number of carboxylic acid groups (broad SMARTS) is 1. The predicted octanol–water partition coefficient (Wildman–Crippen LogP) is 2.96. The first-order chi connectivity index (χ1) is 13.5. The summed E-state index contributed by atoms with van der Waals surface area (Å²) in [5.41, 5.74) is 1.01. The minimum atomic E-state index is -1.02. The molecule has 2 aromatic rings. The number of hydrogen-bond donors (Lipinski definition) is 2. The second-order valence-electron chi connectivity index (χ2n) is 6.83. The Hall–Kier alpha value is -3.03. The van der Waals surface area contributed by atoms with E-state index in [9.17, 15) is 14.7 Å². The van der Waals surface area contributed by atoms with Crippen molar-refractivity contribution in [2.24, 2.45) is 0 Å². The molecule has 1 saturated carbocycles. The van der Waals surface area contributed by atoms with Crippen LogP contribution in [-0.4, -0.2) is 41.0 Å². The predicted molar refractivity (Wildman–Crippen MR) is 102 cm³/mol. The normalized spacial score (nSPS) is 15.2. The molecule has 8 heteroatoms. The highest BCUT2D eigenvalue weighted by Gasteiger charge is 2.26. The van der Waals surface area contributed by atoms with Crippen LogP contribution in [0.2, 0.25) is 0 Å². The van der Waals surface area contributed by atoms with Crippen molar-refractivity contribution >= 4 is 11.9 Å². The Bertz CT molecular complexity index is 842. The number of hydrogen-bond acceptors (Lipinski definition) is 5. The van der Waals surface area contributed by atoms with E-state index >= 15 is 0 Å². The minimum Gasteiger partial charge on any atom is -0.497 e. The molecule has 0 spiro atoms. The van der Waals surface area contributed by atoms with Crippen LogP contribution >= 0.6 is 0 Å². The van der Waals surface area contributed by atoms with Crippen LogP contribution in [0.25, 0.3) is 0 Å². The van der Waals surface area contributed by atoms with Gasteiger partial charge in [-0.15, -0.1) is 0 Å². The lowest BCUT2D eigenvalue weighted by Gasteiger charge is -2.21. The van der Waals surface area contributed by atoms with Crippen LogP contribution in [0.5, 0.6) is 11.5 Å². The van der Waals surface area contributed by atoms with E-state index in [0.717, 1.165) is 25.7 Å². The van der Waals surface area contributed by atoms with Crippen LogP contribution in [-0.2, 0) is 4.79 Å². The fourth-order valence-corrected chi connectivity index (χ4v) is 3.69. The van der Waals surface area contributed by atoms with Gasteiger partial charge in [-0.1, -0.05) is 12.8 Å². The van der Waals surface area contributed by atoms with E-state index in [2.05, 4.69) is 10.4 Å². The average Bonchev–Trinajstić information content (AvgIpc) is 3.37. The first-order valence-corrected chi connectivity index (χ1v) is 9.31. The number of aromatic nitrogens is 2. The van der Waals surface area contributed by atoms with Gasteiger partial charge in [0.15, 0.2) is 0 Å². The van der Waals surface area contributed by atoms with Crippen LogP contribution in [0.1, 0.15) is 60.2 Å². The maximum absolute atomic E-state index is 12.9. The zero-order valence-electron chi connectivity index (χ0n) is 16.1. The van der Waals surface area contributed by atoms with Gasteiger partial charge >= 0.3 is 5.97 Å². The van der Waals surface area contributed by atoms with Crippen LogP contribution in [0.15, 0.2) is 30.5 Å². The van der Waals surface area contributed by atoms with E-state index in [-0.39, 0.29) is 18.4 Å².